The van der Waals surface area contributed by atoms with Crippen LogP contribution in [-0.4, -0.2) is 45.0 Å². The Morgan fingerprint density at radius 3 is 2.78 bits per heavy atom. The number of nitrogens with zero attached hydrogens (tertiary/aromatic N) is 1. The van der Waals surface area contributed by atoms with Gasteiger partial charge in [-0.05, 0) is 17.0 Å². The Morgan fingerprint density at radius 1 is 1.22 bits per heavy atom. The summed E-state index contributed by atoms with van der Waals surface area (Å²) in [5.74, 6) is 0. The molecule has 5 nitrogen and oxygen atoms in total. The van der Waals surface area contributed by atoms with Crippen molar-refractivity contribution in [3.05, 3.63) is 53.4 Å². The van der Waals surface area contributed by atoms with Gasteiger partial charge in [0.15, 0.2) is 0 Å². The third-order valence-corrected chi connectivity index (χ3v) is 6.98. The second-order valence-electron chi connectivity index (χ2n) is 5.45. The minimum absolute atomic E-state index is 0.0159. The first kappa shape index (κ1) is 16.6. The summed E-state index contributed by atoms with van der Waals surface area (Å²) in [6.07, 6.45) is 0. The molecule has 23 heavy (non-hydrogen) atoms. The summed E-state index contributed by atoms with van der Waals surface area (Å²) in [5.41, 5.74) is 1.12. The largest absolute Gasteiger partial charge is 0.375 e. The molecule has 1 aliphatic heterocycles. The molecule has 1 aliphatic rings. The summed E-state index contributed by atoms with van der Waals surface area (Å²) in [4.78, 5) is 0. The Morgan fingerprint density at radius 2 is 2.04 bits per heavy atom. The number of thiophene rings is 1. The maximum Gasteiger partial charge on any atom is 0.252 e. The van der Waals surface area contributed by atoms with Crippen molar-refractivity contribution in [3.63, 3.8) is 0 Å². The van der Waals surface area contributed by atoms with Gasteiger partial charge in [0.2, 0.25) is 0 Å². The number of nitrogens with one attached hydrogen (secondary N) is 1. The highest BCUT2D eigenvalue weighted by molar-refractivity contribution is 7.91. The van der Waals surface area contributed by atoms with Gasteiger partial charge in [0.05, 0.1) is 13.2 Å². The molecule has 124 valence electrons. The second-order valence-corrected chi connectivity index (χ2v) is 8.56. The number of piperazine rings is 1. The van der Waals surface area contributed by atoms with Gasteiger partial charge < -0.3 is 10.1 Å². The average molecular weight is 352 g/mol. The van der Waals surface area contributed by atoms with Crippen molar-refractivity contribution >= 4 is 21.4 Å². The molecule has 0 aliphatic carbocycles. The SMILES string of the molecule is O=S(=O)(c1cccs1)N1CCN[C@H](COCc2ccccc2)C1. The molecule has 0 unspecified atom stereocenters. The summed E-state index contributed by atoms with van der Waals surface area (Å²) in [6, 6.07) is 13.4. The molecule has 1 N–H and O–H groups in total. The summed E-state index contributed by atoms with van der Waals surface area (Å²) in [5, 5.41) is 5.11. The minimum atomic E-state index is -3.37. The zero-order chi connectivity index (χ0) is 16.1. The van der Waals surface area contributed by atoms with Crippen LogP contribution in [0.5, 0.6) is 0 Å². The molecule has 0 saturated carbocycles. The van der Waals surface area contributed by atoms with E-state index in [1.54, 1.807) is 21.8 Å². The van der Waals surface area contributed by atoms with Gasteiger partial charge in [-0.25, -0.2) is 8.42 Å². The minimum Gasteiger partial charge on any atom is -0.375 e. The van der Waals surface area contributed by atoms with E-state index in [1.165, 1.54) is 11.3 Å². The maximum atomic E-state index is 12.6. The fourth-order valence-electron chi connectivity index (χ4n) is 2.56. The van der Waals surface area contributed by atoms with E-state index in [0.717, 1.165) is 5.56 Å². The van der Waals surface area contributed by atoms with Crippen LogP contribution in [0.1, 0.15) is 5.56 Å². The molecular formula is C16H20N2O3S2. The van der Waals surface area contributed by atoms with Crippen LogP contribution in [0.25, 0.3) is 0 Å². The van der Waals surface area contributed by atoms with Crippen molar-refractivity contribution in [2.45, 2.75) is 16.9 Å². The molecular weight excluding hydrogens is 332 g/mol. The lowest BCUT2D eigenvalue weighted by molar-refractivity contribution is 0.0855. The van der Waals surface area contributed by atoms with Crippen LogP contribution in [0.2, 0.25) is 0 Å². The van der Waals surface area contributed by atoms with E-state index < -0.39 is 10.0 Å². The first-order valence-corrected chi connectivity index (χ1v) is 9.87. The van der Waals surface area contributed by atoms with E-state index in [9.17, 15) is 8.42 Å². The number of hydrogen-bond acceptors (Lipinski definition) is 5. The van der Waals surface area contributed by atoms with Crippen LogP contribution < -0.4 is 5.32 Å². The van der Waals surface area contributed by atoms with Gasteiger partial charge >= 0.3 is 0 Å². The van der Waals surface area contributed by atoms with Crippen molar-refractivity contribution in [1.82, 2.24) is 9.62 Å². The lowest BCUT2D eigenvalue weighted by atomic mass is 10.2. The number of hydrogen-bond donors (Lipinski definition) is 1. The van der Waals surface area contributed by atoms with E-state index >= 15 is 0 Å². The first-order valence-electron chi connectivity index (χ1n) is 7.55. The number of ether oxygens (including phenoxy) is 1. The fraction of sp³-hybridized carbons (Fsp3) is 0.375. The molecule has 1 atom stereocenters. The van der Waals surface area contributed by atoms with Crippen molar-refractivity contribution in [3.8, 4) is 0 Å². The molecule has 3 rings (SSSR count). The predicted octanol–water partition coefficient (Wildman–Crippen LogP) is 1.93. The highest BCUT2D eigenvalue weighted by Crippen LogP contribution is 2.21. The highest BCUT2D eigenvalue weighted by Gasteiger charge is 2.30. The van der Waals surface area contributed by atoms with E-state index in [1.807, 2.05) is 30.3 Å². The topological polar surface area (TPSA) is 58.6 Å². The van der Waals surface area contributed by atoms with Crippen LogP contribution in [0.4, 0.5) is 0 Å². The molecule has 1 aromatic carbocycles. The van der Waals surface area contributed by atoms with Gasteiger partial charge in [0.25, 0.3) is 10.0 Å². The van der Waals surface area contributed by atoms with Gasteiger partial charge in [0, 0.05) is 25.7 Å². The Bertz CT molecular complexity index is 702. The summed E-state index contributed by atoms with van der Waals surface area (Å²) >= 11 is 1.26. The molecule has 0 amide bonds. The molecule has 0 spiro atoms. The smallest absolute Gasteiger partial charge is 0.252 e. The van der Waals surface area contributed by atoms with Gasteiger partial charge in [-0.1, -0.05) is 36.4 Å². The monoisotopic (exact) mass is 352 g/mol. The van der Waals surface area contributed by atoms with Crippen LogP contribution >= 0.6 is 11.3 Å². The zero-order valence-corrected chi connectivity index (χ0v) is 14.4. The Kier molecular flexibility index (Phi) is 5.45. The number of sulfonamides is 1. The zero-order valence-electron chi connectivity index (χ0n) is 12.7. The van der Waals surface area contributed by atoms with Crippen LogP contribution in [0, 0.1) is 0 Å². The number of rotatable bonds is 6. The van der Waals surface area contributed by atoms with Crippen molar-refractivity contribution in [2.24, 2.45) is 0 Å². The van der Waals surface area contributed by atoms with E-state index in [0.29, 0.717) is 37.1 Å². The Hall–Kier alpha value is -1.25. The third-order valence-electron chi connectivity index (χ3n) is 3.74. The highest BCUT2D eigenvalue weighted by atomic mass is 32.2. The third kappa shape index (κ3) is 4.19. The van der Waals surface area contributed by atoms with Crippen molar-refractivity contribution < 1.29 is 13.2 Å². The molecule has 0 bridgehead atoms. The van der Waals surface area contributed by atoms with Crippen LogP contribution in [-0.2, 0) is 21.4 Å². The lowest BCUT2D eigenvalue weighted by Crippen LogP contribution is -2.54. The van der Waals surface area contributed by atoms with Crippen molar-refractivity contribution in [2.75, 3.05) is 26.2 Å². The van der Waals surface area contributed by atoms with Gasteiger partial charge in [-0.2, -0.15) is 4.31 Å². The standard InChI is InChI=1S/C16H20N2O3S2/c19-23(20,16-7-4-10-22-16)18-9-8-17-15(11-18)13-21-12-14-5-2-1-3-6-14/h1-7,10,15,17H,8-9,11-13H2/t15-/m0/s1. The Balaban J connectivity index is 1.54. The normalized spacial score (nSPS) is 19.7. The summed E-state index contributed by atoms with van der Waals surface area (Å²) < 4.78 is 32.8. The van der Waals surface area contributed by atoms with Gasteiger partial charge in [-0.3, -0.25) is 0 Å². The molecule has 1 fully saturated rings. The molecule has 2 aromatic rings. The van der Waals surface area contributed by atoms with E-state index in [4.69, 9.17) is 4.74 Å². The molecule has 0 radical (unpaired) electrons. The summed E-state index contributed by atoms with van der Waals surface area (Å²) in [6.45, 7) is 2.61. The average Bonchev–Trinajstić information content (AvgIpc) is 3.11. The molecule has 7 heteroatoms. The predicted molar refractivity (Wildman–Crippen MR) is 91.0 cm³/mol. The van der Waals surface area contributed by atoms with E-state index in [-0.39, 0.29) is 6.04 Å². The summed E-state index contributed by atoms with van der Waals surface area (Å²) in [7, 11) is -3.37. The Labute approximate surface area is 140 Å². The molecule has 2 heterocycles. The van der Waals surface area contributed by atoms with Gasteiger partial charge in [-0.15, -0.1) is 11.3 Å². The quantitative estimate of drug-likeness (QED) is 0.863. The molecule has 1 saturated heterocycles. The maximum absolute atomic E-state index is 12.6. The number of benzene rings is 1. The first-order chi connectivity index (χ1) is 11.2. The van der Waals surface area contributed by atoms with Crippen molar-refractivity contribution in [1.29, 1.82) is 0 Å². The lowest BCUT2D eigenvalue weighted by Gasteiger charge is -2.32. The molecule has 1 aromatic heterocycles. The van der Waals surface area contributed by atoms with Crippen LogP contribution in [0.3, 0.4) is 0 Å². The van der Waals surface area contributed by atoms with E-state index in [2.05, 4.69) is 5.32 Å². The fourth-order valence-corrected chi connectivity index (χ4v) is 5.19. The van der Waals surface area contributed by atoms with Gasteiger partial charge in [0.1, 0.15) is 4.21 Å². The van der Waals surface area contributed by atoms with Crippen LogP contribution in [0.15, 0.2) is 52.1 Å². The second kappa shape index (κ2) is 7.55.